The summed E-state index contributed by atoms with van der Waals surface area (Å²) in [6, 6.07) is 7.99. The minimum atomic E-state index is 0.253. The van der Waals surface area contributed by atoms with Crippen molar-refractivity contribution in [3.8, 4) is 17.0 Å². The van der Waals surface area contributed by atoms with Gasteiger partial charge in [-0.15, -0.1) is 0 Å². The fourth-order valence-electron chi connectivity index (χ4n) is 2.33. The molecule has 3 N–H and O–H groups in total. The number of para-hydroxylation sites is 1. The summed E-state index contributed by atoms with van der Waals surface area (Å²) in [7, 11) is 0. The Morgan fingerprint density at radius 2 is 2.05 bits per heavy atom. The summed E-state index contributed by atoms with van der Waals surface area (Å²) in [5, 5.41) is 0. The highest BCUT2D eigenvalue weighted by atomic mass is 16.5. The molecule has 20 heavy (non-hydrogen) atoms. The van der Waals surface area contributed by atoms with E-state index in [0.29, 0.717) is 19.1 Å². The van der Waals surface area contributed by atoms with E-state index in [0.717, 1.165) is 22.8 Å². The molecule has 0 aliphatic carbocycles. The first-order valence-corrected chi connectivity index (χ1v) is 7.14. The van der Waals surface area contributed by atoms with E-state index in [-0.39, 0.29) is 5.92 Å². The molecule has 1 heterocycles. The lowest BCUT2D eigenvalue weighted by molar-refractivity contribution is 0.341. The zero-order chi connectivity index (χ0) is 14.5. The van der Waals surface area contributed by atoms with Crippen molar-refractivity contribution < 1.29 is 4.74 Å². The molecule has 0 saturated heterocycles. The predicted molar refractivity (Wildman–Crippen MR) is 81.8 cm³/mol. The second-order valence-electron chi connectivity index (χ2n) is 5.20. The molecule has 0 bridgehead atoms. The maximum Gasteiger partial charge on any atom is 0.128 e. The van der Waals surface area contributed by atoms with Crippen LogP contribution in [0.5, 0.6) is 5.75 Å². The Labute approximate surface area is 120 Å². The molecule has 1 aromatic heterocycles. The van der Waals surface area contributed by atoms with Crippen LogP contribution >= 0.6 is 0 Å². The number of hydrogen-bond donors (Lipinski definition) is 2. The van der Waals surface area contributed by atoms with Gasteiger partial charge in [-0.05, 0) is 25.0 Å². The Morgan fingerprint density at radius 3 is 2.70 bits per heavy atom. The molecule has 108 valence electrons. The molecule has 0 spiro atoms. The van der Waals surface area contributed by atoms with Crippen LogP contribution in [0.15, 0.2) is 30.5 Å². The molecule has 2 rings (SSSR count). The number of nitrogens with two attached hydrogens (primary N) is 1. The van der Waals surface area contributed by atoms with E-state index in [9.17, 15) is 0 Å². The first-order valence-electron chi connectivity index (χ1n) is 7.14. The summed E-state index contributed by atoms with van der Waals surface area (Å²) in [6.45, 7) is 7.55. The van der Waals surface area contributed by atoms with Gasteiger partial charge in [0, 0.05) is 18.0 Å². The average molecular weight is 273 g/mol. The van der Waals surface area contributed by atoms with Crippen molar-refractivity contribution in [2.45, 2.75) is 26.7 Å². The molecule has 4 heteroatoms. The third kappa shape index (κ3) is 3.02. The van der Waals surface area contributed by atoms with Gasteiger partial charge in [0.1, 0.15) is 11.6 Å². The Morgan fingerprint density at radius 1 is 1.30 bits per heavy atom. The molecular weight excluding hydrogens is 250 g/mol. The SMILES string of the molecule is CCOc1ccccc1-c1cnc(C(CN)C(C)C)[nH]1. The van der Waals surface area contributed by atoms with Gasteiger partial charge >= 0.3 is 0 Å². The largest absolute Gasteiger partial charge is 0.493 e. The molecule has 0 amide bonds. The maximum absolute atomic E-state index is 5.85. The number of nitrogens with zero attached hydrogens (tertiary/aromatic N) is 1. The topological polar surface area (TPSA) is 63.9 Å². The number of rotatable bonds is 6. The van der Waals surface area contributed by atoms with Gasteiger partial charge in [0.2, 0.25) is 0 Å². The summed E-state index contributed by atoms with van der Waals surface area (Å²) in [6.07, 6.45) is 1.86. The lowest BCUT2D eigenvalue weighted by atomic mass is 9.95. The minimum Gasteiger partial charge on any atom is -0.493 e. The van der Waals surface area contributed by atoms with E-state index in [1.54, 1.807) is 0 Å². The van der Waals surface area contributed by atoms with Crippen LogP contribution in [0.2, 0.25) is 0 Å². The molecule has 0 fully saturated rings. The average Bonchev–Trinajstić information content (AvgIpc) is 2.89. The second kappa shape index (κ2) is 6.57. The summed E-state index contributed by atoms with van der Waals surface area (Å²) in [4.78, 5) is 7.88. The predicted octanol–water partition coefficient (Wildman–Crippen LogP) is 3.17. The number of aromatic nitrogens is 2. The monoisotopic (exact) mass is 273 g/mol. The molecule has 2 aromatic rings. The van der Waals surface area contributed by atoms with Gasteiger partial charge in [0.25, 0.3) is 0 Å². The third-order valence-corrected chi connectivity index (χ3v) is 3.48. The van der Waals surface area contributed by atoms with Gasteiger partial charge in [-0.2, -0.15) is 0 Å². The molecule has 0 aliphatic heterocycles. The Balaban J connectivity index is 2.33. The molecule has 1 aromatic carbocycles. The summed E-state index contributed by atoms with van der Waals surface area (Å²) in [5.41, 5.74) is 7.86. The van der Waals surface area contributed by atoms with Gasteiger partial charge < -0.3 is 15.5 Å². The fraction of sp³-hybridized carbons (Fsp3) is 0.438. The quantitative estimate of drug-likeness (QED) is 0.849. The van der Waals surface area contributed by atoms with Crippen molar-refractivity contribution in [1.29, 1.82) is 0 Å². The highest BCUT2D eigenvalue weighted by molar-refractivity contribution is 5.66. The maximum atomic E-state index is 5.85. The molecule has 1 atom stereocenters. The van der Waals surface area contributed by atoms with Crippen molar-refractivity contribution in [3.63, 3.8) is 0 Å². The number of imidazole rings is 1. The van der Waals surface area contributed by atoms with Crippen LogP contribution in [-0.4, -0.2) is 23.1 Å². The Kier molecular flexibility index (Phi) is 4.79. The Hall–Kier alpha value is -1.81. The van der Waals surface area contributed by atoms with E-state index in [1.165, 1.54) is 0 Å². The summed E-state index contributed by atoms with van der Waals surface area (Å²) >= 11 is 0. The number of nitrogens with one attached hydrogen (secondary N) is 1. The van der Waals surface area contributed by atoms with Crippen LogP contribution in [0.4, 0.5) is 0 Å². The molecule has 0 saturated carbocycles. The molecule has 1 unspecified atom stereocenters. The highest BCUT2D eigenvalue weighted by Crippen LogP contribution is 2.30. The van der Waals surface area contributed by atoms with E-state index >= 15 is 0 Å². The lowest BCUT2D eigenvalue weighted by Crippen LogP contribution is -2.19. The fourth-order valence-corrected chi connectivity index (χ4v) is 2.33. The van der Waals surface area contributed by atoms with E-state index in [4.69, 9.17) is 10.5 Å². The first kappa shape index (κ1) is 14.6. The summed E-state index contributed by atoms with van der Waals surface area (Å²) < 4.78 is 5.66. The molecule has 0 radical (unpaired) electrons. The van der Waals surface area contributed by atoms with E-state index in [2.05, 4.69) is 23.8 Å². The van der Waals surface area contributed by atoms with Gasteiger partial charge in [0.15, 0.2) is 0 Å². The van der Waals surface area contributed by atoms with Gasteiger partial charge in [-0.1, -0.05) is 26.0 Å². The smallest absolute Gasteiger partial charge is 0.128 e. The number of ether oxygens (including phenoxy) is 1. The zero-order valence-corrected chi connectivity index (χ0v) is 12.4. The van der Waals surface area contributed by atoms with Gasteiger partial charge in [-0.25, -0.2) is 4.98 Å². The number of hydrogen-bond acceptors (Lipinski definition) is 3. The van der Waals surface area contributed by atoms with Crippen molar-refractivity contribution in [2.24, 2.45) is 11.7 Å². The standard InChI is InChI=1S/C16H23N3O/c1-4-20-15-8-6-5-7-12(15)14-10-18-16(19-14)13(9-17)11(2)3/h5-8,10-11,13H,4,9,17H2,1-3H3,(H,18,19). The molecule has 0 aliphatic rings. The lowest BCUT2D eigenvalue weighted by Gasteiger charge is -2.16. The van der Waals surface area contributed by atoms with Crippen molar-refractivity contribution >= 4 is 0 Å². The van der Waals surface area contributed by atoms with E-state index in [1.807, 2.05) is 37.4 Å². The Bertz CT molecular complexity index is 548. The molecular formula is C16H23N3O. The third-order valence-electron chi connectivity index (χ3n) is 3.48. The highest BCUT2D eigenvalue weighted by Gasteiger charge is 2.18. The van der Waals surface area contributed by atoms with Crippen LogP contribution in [0.1, 0.15) is 32.5 Å². The van der Waals surface area contributed by atoms with Crippen molar-refractivity contribution in [1.82, 2.24) is 9.97 Å². The first-order chi connectivity index (χ1) is 9.67. The van der Waals surface area contributed by atoms with Crippen molar-refractivity contribution in [3.05, 3.63) is 36.3 Å². The number of H-pyrrole nitrogens is 1. The second-order valence-corrected chi connectivity index (χ2v) is 5.20. The number of aromatic amines is 1. The van der Waals surface area contributed by atoms with Gasteiger partial charge in [-0.3, -0.25) is 0 Å². The number of benzene rings is 1. The van der Waals surface area contributed by atoms with Crippen LogP contribution < -0.4 is 10.5 Å². The van der Waals surface area contributed by atoms with Crippen LogP contribution in [0, 0.1) is 5.92 Å². The normalized spacial score (nSPS) is 12.7. The van der Waals surface area contributed by atoms with Crippen LogP contribution in [0.25, 0.3) is 11.3 Å². The zero-order valence-electron chi connectivity index (χ0n) is 12.4. The van der Waals surface area contributed by atoms with Gasteiger partial charge in [0.05, 0.1) is 18.5 Å². The minimum absolute atomic E-state index is 0.253. The van der Waals surface area contributed by atoms with Crippen LogP contribution in [-0.2, 0) is 0 Å². The van der Waals surface area contributed by atoms with E-state index < -0.39 is 0 Å². The van der Waals surface area contributed by atoms with Crippen LogP contribution in [0.3, 0.4) is 0 Å². The van der Waals surface area contributed by atoms with Crippen molar-refractivity contribution in [2.75, 3.05) is 13.2 Å². The summed E-state index contributed by atoms with van der Waals surface area (Å²) in [5.74, 6) is 2.53. The molecule has 4 nitrogen and oxygen atoms in total.